The second kappa shape index (κ2) is 5.64. The first-order chi connectivity index (χ1) is 7.68. The molecule has 1 heteroatoms. The van der Waals surface area contributed by atoms with E-state index in [2.05, 4.69) is 19.9 Å². The van der Waals surface area contributed by atoms with Crippen molar-refractivity contribution < 1.29 is 4.39 Å². The molecular weight excluding hydrogens is 199 g/mol. The summed E-state index contributed by atoms with van der Waals surface area (Å²) in [6.45, 7) is 8.25. The maximum absolute atomic E-state index is 13.1. The smallest absolute Gasteiger partial charge is 0.123 e. The Morgan fingerprint density at radius 1 is 1.00 bits per heavy atom. The van der Waals surface area contributed by atoms with E-state index in [9.17, 15) is 4.39 Å². The highest BCUT2D eigenvalue weighted by Crippen LogP contribution is 2.25. The fourth-order valence-electron chi connectivity index (χ4n) is 1.77. The van der Waals surface area contributed by atoms with Gasteiger partial charge in [-0.2, -0.15) is 0 Å². The van der Waals surface area contributed by atoms with Gasteiger partial charge in [-0.3, -0.25) is 0 Å². The molecule has 0 spiro atoms. The van der Waals surface area contributed by atoms with Crippen LogP contribution in [-0.2, 0) is 0 Å². The van der Waals surface area contributed by atoms with Crippen molar-refractivity contribution in [3.63, 3.8) is 0 Å². The van der Waals surface area contributed by atoms with Crippen LogP contribution in [0.1, 0.15) is 39.2 Å². The molecule has 0 aromatic heterocycles. The lowest BCUT2D eigenvalue weighted by molar-refractivity contribution is 0.629. The largest absolute Gasteiger partial charge is 0.207 e. The molecule has 0 unspecified atom stereocenters. The monoisotopic (exact) mass is 218 g/mol. The lowest BCUT2D eigenvalue weighted by Gasteiger charge is -2.09. The number of hydrogen-bond donors (Lipinski definition) is 0. The quantitative estimate of drug-likeness (QED) is 0.622. The predicted octanol–water partition coefficient (Wildman–Crippen LogP) is 5.13. The molecule has 0 amide bonds. The van der Waals surface area contributed by atoms with Gasteiger partial charge < -0.3 is 0 Å². The van der Waals surface area contributed by atoms with E-state index in [4.69, 9.17) is 0 Å². The van der Waals surface area contributed by atoms with Crippen molar-refractivity contribution >= 4 is 10.8 Å². The van der Waals surface area contributed by atoms with E-state index in [0.717, 1.165) is 10.8 Å². The van der Waals surface area contributed by atoms with Crippen molar-refractivity contribution in [1.82, 2.24) is 0 Å². The summed E-state index contributed by atoms with van der Waals surface area (Å²) in [7, 11) is 0. The first-order valence-corrected chi connectivity index (χ1v) is 5.86. The van der Waals surface area contributed by atoms with Gasteiger partial charge in [0, 0.05) is 0 Å². The molecule has 0 saturated heterocycles. The summed E-state index contributed by atoms with van der Waals surface area (Å²) in [5.74, 6) is 0.270. The van der Waals surface area contributed by atoms with Crippen LogP contribution in [0, 0.1) is 5.82 Å². The van der Waals surface area contributed by atoms with Crippen LogP contribution >= 0.6 is 0 Å². The molecule has 0 N–H and O–H groups in total. The van der Waals surface area contributed by atoms with Crippen LogP contribution in [0.25, 0.3) is 10.8 Å². The minimum atomic E-state index is -0.161. The molecule has 16 heavy (non-hydrogen) atoms. The highest BCUT2D eigenvalue weighted by Gasteiger charge is 2.04. The van der Waals surface area contributed by atoms with Crippen LogP contribution in [0.3, 0.4) is 0 Å². The van der Waals surface area contributed by atoms with Gasteiger partial charge in [-0.05, 0) is 34.4 Å². The van der Waals surface area contributed by atoms with E-state index in [1.807, 2.05) is 32.0 Å². The molecule has 2 aromatic rings. The third kappa shape index (κ3) is 2.60. The summed E-state index contributed by atoms with van der Waals surface area (Å²) in [6, 6.07) is 11.1. The Hall–Kier alpha value is -1.37. The first-order valence-electron chi connectivity index (χ1n) is 5.86. The van der Waals surface area contributed by atoms with E-state index < -0.39 is 0 Å². The molecular formula is C15H19F. The van der Waals surface area contributed by atoms with Gasteiger partial charge in [-0.15, -0.1) is 0 Å². The van der Waals surface area contributed by atoms with E-state index in [0.29, 0.717) is 5.92 Å². The average Bonchev–Trinajstić information content (AvgIpc) is 2.30. The normalized spacial score (nSPS) is 10.1. The molecule has 0 atom stereocenters. The minimum Gasteiger partial charge on any atom is -0.207 e. The molecule has 0 radical (unpaired) electrons. The molecule has 86 valence electrons. The maximum atomic E-state index is 13.1. The molecule has 0 aliphatic heterocycles. The van der Waals surface area contributed by atoms with Crippen molar-refractivity contribution in [2.75, 3.05) is 0 Å². The fourth-order valence-corrected chi connectivity index (χ4v) is 1.77. The number of rotatable bonds is 1. The standard InChI is InChI=1S/C13H13F.C2H6/c1-9(2)12-5-3-4-10-6-7-11(14)8-13(10)12;1-2/h3-9H,1-2H3;1-2H3. The molecule has 2 aromatic carbocycles. The molecule has 0 heterocycles. The summed E-state index contributed by atoms with van der Waals surface area (Å²) in [4.78, 5) is 0. The molecule has 0 fully saturated rings. The van der Waals surface area contributed by atoms with Gasteiger partial charge in [-0.1, -0.05) is 52.0 Å². The van der Waals surface area contributed by atoms with Crippen LogP contribution < -0.4 is 0 Å². The number of hydrogen-bond acceptors (Lipinski definition) is 0. The predicted molar refractivity (Wildman–Crippen MR) is 69.3 cm³/mol. The molecule has 2 rings (SSSR count). The Morgan fingerprint density at radius 2 is 1.69 bits per heavy atom. The fraction of sp³-hybridized carbons (Fsp3) is 0.333. The third-order valence-electron chi connectivity index (χ3n) is 2.50. The zero-order valence-electron chi connectivity index (χ0n) is 10.4. The summed E-state index contributed by atoms with van der Waals surface area (Å²) in [5, 5.41) is 2.14. The average molecular weight is 218 g/mol. The SMILES string of the molecule is CC.CC(C)c1cccc2ccc(F)cc12. The maximum Gasteiger partial charge on any atom is 0.123 e. The van der Waals surface area contributed by atoms with Crippen LogP contribution in [0.2, 0.25) is 0 Å². The second-order valence-electron chi connectivity index (χ2n) is 3.87. The Morgan fingerprint density at radius 3 is 2.31 bits per heavy atom. The summed E-state index contributed by atoms with van der Waals surface area (Å²) < 4.78 is 13.1. The lowest BCUT2D eigenvalue weighted by atomic mass is 9.96. The van der Waals surface area contributed by atoms with E-state index in [1.54, 1.807) is 6.07 Å². The molecule has 0 bridgehead atoms. The molecule has 0 aliphatic rings. The molecule has 0 nitrogen and oxygen atoms in total. The van der Waals surface area contributed by atoms with Gasteiger partial charge in [0.05, 0.1) is 0 Å². The van der Waals surface area contributed by atoms with Gasteiger partial charge in [0.2, 0.25) is 0 Å². The van der Waals surface area contributed by atoms with Gasteiger partial charge in [0.15, 0.2) is 0 Å². The minimum absolute atomic E-state index is 0.161. The Kier molecular flexibility index (Phi) is 4.48. The first kappa shape index (κ1) is 12.7. The number of benzene rings is 2. The topological polar surface area (TPSA) is 0 Å². The Labute approximate surface area is 97.1 Å². The van der Waals surface area contributed by atoms with E-state index in [-0.39, 0.29) is 5.82 Å². The van der Waals surface area contributed by atoms with Crippen molar-refractivity contribution in [2.45, 2.75) is 33.6 Å². The summed E-state index contributed by atoms with van der Waals surface area (Å²) in [6.07, 6.45) is 0. The highest BCUT2D eigenvalue weighted by atomic mass is 19.1. The van der Waals surface area contributed by atoms with Gasteiger partial charge in [0.25, 0.3) is 0 Å². The van der Waals surface area contributed by atoms with Crippen molar-refractivity contribution in [3.05, 3.63) is 47.8 Å². The summed E-state index contributed by atoms with van der Waals surface area (Å²) in [5.41, 5.74) is 1.21. The third-order valence-corrected chi connectivity index (χ3v) is 2.50. The van der Waals surface area contributed by atoms with Crippen molar-refractivity contribution in [1.29, 1.82) is 0 Å². The highest BCUT2D eigenvalue weighted by molar-refractivity contribution is 5.86. The summed E-state index contributed by atoms with van der Waals surface area (Å²) >= 11 is 0. The van der Waals surface area contributed by atoms with Gasteiger partial charge in [-0.25, -0.2) is 4.39 Å². The Balaban J connectivity index is 0.000000606. The Bertz CT molecular complexity index is 458. The van der Waals surface area contributed by atoms with Crippen LogP contribution in [-0.4, -0.2) is 0 Å². The zero-order valence-corrected chi connectivity index (χ0v) is 10.4. The van der Waals surface area contributed by atoms with Gasteiger partial charge >= 0.3 is 0 Å². The van der Waals surface area contributed by atoms with E-state index in [1.165, 1.54) is 11.6 Å². The molecule has 0 aliphatic carbocycles. The number of fused-ring (bicyclic) bond motifs is 1. The number of halogens is 1. The van der Waals surface area contributed by atoms with Crippen LogP contribution in [0.15, 0.2) is 36.4 Å². The van der Waals surface area contributed by atoms with E-state index >= 15 is 0 Å². The molecule has 0 saturated carbocycles. The van der Waals surface area contributed by atoms with Crippen molar-refractivity contribution in [3.8, 4) is 0 Å². The van der Waals surface area contributed by atoms with Gasteiger partial charge in [0.1, 0.15) is 5.82 Å². The zero-order chi connectivity index (χ0) is 12.1. The van der Waals surface area contributed by atoms with Crippen molar-refractivity contribution in [2.24, 2.45) is 0 Å². The van der Waals surface area contributed by atoms with Crippen LogP contribution in [0.5, 0.6) is 0 Å². The lowest BCUT2D eigenvalue weighted by Crippen LogP contribution is -1.89. The van der Waals surface area contributed by atoms with Crippen LogP contribution in [0.4, 0.5) is 4.39 Å². The second-order valence-corrected chi connectivity index (χ2v) is 3.87.